The van der Waals surface area contributed by atoms with Gasteiger partial charge in [0.05, 0.1) is 18.2 Å². The van der Waals surface area contributed by atoms with Crippen LogP contribution in [0.4, 0.5) is 0 Å². The van der Waals surface area contributed by atoms with E-state index in [1.165, 1.54) is 0 Å². The van der Waals surface area contributed by atoms with E-state index in [0.29, 0.717) is 30.8 Å². The highest BCUT2D eigenvalue weighted by Crippen LogP contribution is 2.28. The third-order valence-electron chi connectivity index (χ3n) is 4.87. The third kappa shape index (κ3) is 4.12. The number of aryl methyl sites for hydroxylation is 1. The second-order valence-corrected chi connectivity index (χ2v) is 6.97. The monoisotopic (exact) mass is 321 g/mol. The van der Waals surface area contributed by atoms with Gasteiger partial charge in [0.25, 0.3) is 0 Å². The molecule has 1 unspecified atom stereocenters. The summed E-state index contributed by atoms with van der Waals surface area (Å²) in [7, 11) is 0. The maximum Gasteiger partial charge on any atom is 0.227 e. The Morgan fingerprint density at radius 1 is 1.43 bits per heavy atom. The van der Waals surface area contributed by atoms with Crippen LogP contribution >= 0.6 is 0 Å². The van der Waals surface area contributed by atoms with Crippen LogP contribution in [0, 0.1) is 24.7 Å². The second kappa shape index (κ2) is 7.45. The van der Waals surface area contributed by atoms with Gasteiger partial charge in [0.15, 0.2) is 5.76 Å². The highest BCUT2D eigenvalue weighted by molar-refractivity contribution is 5.80. The number of aromatic nitrogens is 1. The topological polar surface area (TPSA) is 67.6 Å². The van der Waals surface area contributed by atoms with Gasteiger partial charge in [0.2, 0.25) is 5.91 Å². The predicted molar refractivity (Wildman–Crippen MR) is 85.7 cm³/mol. The summed E-state index contributed by atoms with van der Waals surface area (Å²) in [6.07, 6.45) is 1.95. The van der Waals surface area contributed by atoms with E-state index in [1.807, 2.05) is 17.9 Å². The maximum absolute atomic E-state index is 12.8. The van der Waals surface area contributed by atoms with Crippen molar-refractivity contribution in [2.45, 2.75) is 33.2 Å². The molecule has 6 heteroatoms. The summed E-state index contributed by atoms with van der Waals surface area (Å²) in [5.74, 6) is 2.21. The molecular formula is C17H27N3O3. The quantitative estimate of drug-likeness (QED) is 0.862. The Labute approximate surface area is 137 Å². The summed E-state index contributed by atoms with van der Waals surface area (Å²) in [6.45, 7) is 8.75. The van der Waals surface area contributed by atoms with Crippen LogP contribution < -0.4 is 5.32 Å². The number of hydrogen-bond donors (Lipinski definition) is 1. The number of carbonyl (C=O) groups is 1. The Bertz CT molecular complexity index is 519. The Morgan fingerprint density at radius 3 is 2.78 bits per heavy atom. The Kier molecular flexibility index (Phi) is 5.33. The molecule has 3 heterocycles. The number of nitrogens with zero attached hydrogens (tertiary/aromatic N) is 2. The number of nitrogens with one attached hydrogen (secondary N) is 1. The molecule has 1 N–H and O–H groups in total. The minimum Gasteiger partial charge on any atom is -0.381 e. The molecule has 0 bridgehead atoms. The zero-order valence-corrected chi connectivity index (χ0v) is 14.1. The average Bonchev–Trinajstić information content (AvgIpc) is 2.94. The molecule has 1 aromatic rings. The van der Waals surface area contributed by atoms with Crippen molar-refractivity contribution in [2.75, 3.05) is 32.8 Å². The lowest BCUT2D eigenvalue weighted by Crippen LogP contribution is -2.54. The first-order valence-electron chi connectivity index (χ1n) is 8.63. The van der Waals surface area contributed by atoms with E-state index in [4.69, 9.17) is 9.26 Å². The average molecular weight is 321 g/mol. The lowest BCUT2D eigenvalue weighted by Gasteiger charge is -2.41. The third-order valence-corrected chi connectivity index (χ3v) is 4.87. The van der Waals surface area contributed by atoms with Crippen molar-refractivity contribution in [3.05, 3.63) is 17.5 Å². The van der Waals surface area contributed by atoms with Gasteiger partial charge >= 0.3 is 0 Å². The fourth-order valence-corrected chi connectivity index (χ4v) is 3.54. The van der Waals surface area contributed by atoms with Gasteiger partial charge in [0.1, 0.15) is 0 Å². The number of likely N-dealkylation sites (tertiary alicyclic amines) is 1. The Balaban J connectivity index is 1.56. The minimum absolute atomic E-state index is 0.0374. The first kappa shape index (κ1) is 16.5. The Hall–Kier alpha value is -1.40. The largest absolute Gasteiger partial charge is 0.381 e. The van der Waals surface area contributed by atoms with Crippen LogP contribution in [0.2, 0.25) is 0 Å². The lowest BCUT2D eigenvalue weighted by atomic mass is 9.83. The molecule has 3 rings (SSSR count). The predicted octanol–water partition coefficient (Wildman–Crippen LogP) is 1.59. The molecule has 2 aliphatic rings. The molecule has 0 saturated carbocycles. The van der Waals surface area contributed by atoms with Crippen molar-refractivity contribution < 1.29 is 14.1 Å². The maximum atomic E-state index is 12.8. The van der Waals surface area contributed by atoms with Gasteiger partial charge in [-0.15, -0.1) is 0 Å². The molecule has 0 radical (unpaired) electrons. The second-order valence-electron chi connectivity index (χ2n) is 6.97. The van der Waals surface area contributed by atoms with Crippen LogP contribution in [0.5, 0.6) is 0 Å². The molecule has 23 heavy (non-hydrogen) atoms. The number of amides is 1. The summed E-state index contributed by atoms with van der Waals surface area (Å²) in [6, 6.07) is 1.93. The summed E-state index contributed by atoms with van der Waals surface area (Å²) in [5, 5.41) is 7.28. The smallest absolute Gasteiger partial charge is 0.227 e. The van der Waals surface area contributed by atoms with Gasteiger partial charge in [-0.2, -0.15) is 0 Å². The fourth-order valence-electron chi connectivity index (χ4n) is 3.54. The highest BCUT2D eigenvalue weighted by Gasteiger charge is 2.36. The molecule has 1 amide bonds. The molecule has 1 aromatic heterocycles. The highest BCUT2D eigenvalue weighted by atomic mass is 16.5. The van der Waals surface area contributed by atoms with Crippen LogP contribution in [-0.4, -0.2) is 48.8 Å². The number of rotatable bonds is 6. The molecule has 2 aliphatic heterocycles. The van der Waals surface area contributed by atoms with Crippen LogP contribution in [0.1, 0.15) is 31.2 Å². The Morgan fingerprint density at radius 2 is 2.17 bits per heavy atom. The molecule has 0 aromatic carbocycles. The summed E-state index contributed by atoms with van der Waals surface area (Å²) in [4.78, 5) is 14.8. The summed E-state index contributed by atoms with van der Waals surface area (Å²) >= 11 is 0. The van der Waals surface area contributed by atoms with Crippen molar-refractivity contribution in [1.82, 2.24) is 15.4 Å². The normalized spacial score (nSPS) is 21.2. The molecule has 0 aliphatic carbocycles. The van der Waals surface area contributed by atoms with Crippen molar-refractivity contribution in [3.8, 4) is 0 Å². The van der Waals surface area contributed by atoms with E-state index in [2.05, 4.69) is 17.4 Å². The van der Waals surface area contributed by atoms with E-state index in [1.54, 1.807) is 0 Å². The first-order chi connectivity index (χ1) is 11.1. The van der Waals surface area contributed by atoms with Crippen LogP contribution in [0.25, 0.3) is 0 Å². The van der Waals surface area contributed by atoms with Gasteiger partial charge < -0.3 is 19.5 Å². The number of ether oxygens (including phenoxy) is 1. The van der Waals surface area contributed by atoms with Gasteiger partial charge in [-0.05, 0) is 31.6 Å². The van der Waals surface area contributed by atoms with Crippen LogP contribution in [0.3, 0.4) is 0 Å². The minimum atomic E-state index is 0.0374. The van der Waals surface area contributed by atoms with Gasteiger partial charge in [-0.25, -0.2) is 0 Å². The standard InChI is InChI=1S/C17H27N3O3/c1-12-10-20(11-12)17(21)16(14-3-5-22-6-4-14)9-18-8-15-7-13(2)19-23-15/h7,12,14,16,18H,3-6,8-11H2,1-2H3. The summed E-state index contributed by atoms with van der Waals surface area (Å²) in [5.41, 5.74) is 0.883. The first-order valence-corrected chi connectivity index (χ1v) is 8.63. The van der Waals surface area contributed by atoms with Gasteiger partial charge in [0, 0.05) is 38.9 Å². The van der Waals surface area contributed by atoms with E-state index in [0.717, 1.165) is 50.6 Å². The molecule has 0 spiro atoms. The lowest BCUT2D eigenvalue weighted by molar-refractivity contribution is -0.144. The van der Waals surface area contributed by atoms with E-state index >= 15 is 0 Å². The molecule has 128 valence electrons. The fraction of sp³-hybridized carbons (Fsp3) is 0.765. The van der Waals surface area contributed by atoms with Crippen molar-refractivity contribution in [2.24, 2.45) is 17.8 Å². The van der Waals surface area contributed by atoms with E-state index in [-0.39, 0.29) is 5.92 Å². The van der Waals surface area contributed by atoms with E-state index in [9.17, 15) is 4.79 Å². The molecule has 6 nitrogen and oxygen atoms in total. The number of hydrogen-bond acceptors (Lipinski definition) is 5. The van der Waals surface area contributed by atoms with Crippen molar-refractivity contribution >= 4 is 5.91 Å². The SMILES string of the molecule is Cc1cc(CNCC(C(=O)N2CC(C)C2)C2CCOCC2)on1. The molecular weight excluding hydrogens is 294 g/mol. The molecule has 2 fully saturated rings. The van der Waals surface area contributed by atoms with Gasteiger partial charge in [-0.1, -0.05) is 12.1 Å². The molecule has 1 atom stereocenters. The van der Waals surface area contributed by atoms with E-state index < -0.39 is 0 Å². The van der Waals surface area contributed by atoms with Crippen molar-refractivity contribution in [3.63, 3.8) is 0 Å². The van der Waals surface area contributed by atoms with Gasteiger partial charge in [-0.3, -0.25) is 4.79 Å². The zero-order valence-electron chi connectivity index (χ0n) is 14.1. The number of carbonyl (C=O) groups excluding carboxylic acids is 1. The van der Waals surface area contributed by atoms with Crippen molar-refractivity contribution in [1.29, 1.82) is 0 Å². The molecule has 2 saturated heterocycles. The summed E-state index contributed by atoms with van der Waals surface area (Å²) < 4.78 is 10.7. The van der Waals surface area contributed by atoms with Crippen LogP contribution in [0.15, 0.2) is 10.6 Å². The van der Waals surface area contributed by atoms with Crippen LogP contribution in [-0.2, 0) is 16.1 Å². The zero-order chi connectivity index (χ0) is 16.2.